The SMILES string of the molecule is NCCCCC(NC(=O)CN)C(=O)NC(CS)C(=O)N1CCCC1C(=O)O. The number of aliphatic carboxylic acids is 1. The molecule has 11 heteroatoms. The van der Waals surface area contributed by atoms with Crippen molar-refractivity contribution in [2.24, 2.45) is 11.5 Å². The second-order valence-corrected chi connectivity index (χ2v) is 6.75. The molecule has 0 aromatic heterocycles. The minimum Gasteiger partial charge on any atom is -0.480 e. The molecule has 1 aliphatic rings. The molecule has 154 valence electrons. The van der Waals surface area contributed by atoms with E-state index in [0.29, 0.717) is 45.2 Å². The van der Waals surface area contributed by atoms with Crippen molar-refractivity contribution in [1.29, 1.82) is 0 Å². The summed E-state index contributed by atoms with van der Waals surface area (Å²) in [6.07, 6.45) is 2.62. The molecule has 7 N–H and O–H groups in total. The summed E-state index contributed by atoms with van der Waals surface area (Å²) in [6.45, 7) is 0.520. The summed E-state index contributed by atoms with van der Waals surface area (Å²) in [4.78, 5) is 49.4. The summed E-state index contributed by atoms with van der Waals surface area (Å²) >= 11 is 4.11. The van der Waals surface area contributed by atoms with Crippen LogP contribution >= 0.6 is 12.6 Å². The van der Waals surface area contributed by atoms with Gasteiger partial charge in [-0.25, -0.2) is 4.79 Å². The quantitative estimate of drug-likeness (QED) is 0.172. The van der Waals surface area contributed by atoms with Gasteiger partial charge in [0.2, 0.25) is 17.7 Å². The van der Waals surface area contributed by atoms with Crippen LogP contribution in [-0.4, -0.2) is 77.2 Å². The highest BCUT2D eigenvalue weighted by molar-refractivity contribution is 7.80. The van der Waals surface area contributed by atoms with Gasteiger partial charge in [0.05, 0.1) is 6.54 Å². The molecule has 0 spiro atoms. The molecule has 10 nitrogen and oxygen atoms in total. The van der Waals surface area contributed by atoms with Crippen LogP contribution in [0.4, 0.5) is 0 Å². The molecule has 27 heavy (non-hydrogen) atoms. The number of unbranched alkanes of at least 4 members (excludes halogenated alkanes) is 1. The normalized spacial score (nSPS) is 18.6. The van der Waals surface area contributed by atoms with E-state index in [2.05, 4.69) is 23.3 Å². The van der Waals surface area contributed by atoms with Crippen LogP contribution in [0.2, 0.25) is 0 Å². The number of nitrogens with zero attached hydrogens (tertiary/aromatic N) is 1. The van der Waals surface area contributed by atoms with E-state index >= 15 is 0 Å². The average molecular weight is 404 g/mol. The second-order valence-electron chi connectivity index (χ2n) is 6.38. The molecule has 1 saturated heterocycles. The van der Waals surface area contributed by atoms with Crippen LogP contribution in [0.3, 0.4) is 0 Å². The molecule has 1 aliphatic heterocycles. The molecule has 0 radical (unpaired) electrons. The van der Waals surface area contributed by atoms with E-state index in [1.54, 1.807) is 0 Å². The van der Waals surface area contributed by atoms with Crippen molar-refractivity contribution in [1.82, 2.24) is 15.5 Å². The summed E-state index contributed by atoms with van der Waals surface area (Å²) in [5.41, 5.74) is 10.7. The van der Waals surface area contributed by atoms with Crippen molar-refractivity contribution in [2.75, 3.05) is 25.4 Å². The number of hydrogen-bond donors (Lipinski definition) is 6. The minimum absolute atomic E-state index is 0.00771. The Morgan fingerprint density at radius 3 is 2.41 bits per heavy atom. The standard InChI is InChI=1S/C16H29N5O5S/c17-6-2-1-4-10(19-13(22)8-18)14(23)20-11(9-27)15(24)21-7-3-5-12(21)16(25)26/h10-12,27H,1-9,17-18H2,(H,19,22)(H,20,23)(H,25,26). The van der Waals surface area contributed by atoms with Crippen molar-refractivity contribution in [2.45, 2.75) is 50.2 Å². The Bertz CT molecular complexity index is 547. The monoisotopic (exact) mass is 403 g/mol. The molecule has 0 aliphatic carbocycles. The first-order valence-electron chi connectivity index (χ1n) is 8.99. The van der Waals surface area contributed by atoms with Gasteiger partial charge in [-0.3, -0.25) is 14.4 Å². The van der Waals surface area contributed by atoms with E-state index in [-0.39, 0.29) is 12.3 Å². The summed E-state index contributed by atoms with van der Waals surface area (Å²) in [7, 11) is 0. The molecular weight excluding hydrogens is 374 g/mol. The van der Waals surface area contributed by atoms with Crippen LogP contribution < -0.4 is 22.1 Å². The van der Waals surface area contributed by atoms with Gasteiger partial charge in [0.25, 0.3) is 0 Å². The van der Waals surface area contributed by atoms with E-state index < -0.39 is 41.8 Å². The van der Waals surface area contributed by atoms with E-state index in [1.165, 1.54) is 4.90 Å². The molecule has 1 fully saturated rings. The lowest BCUT2D eigenvalue weighted by molar-refractivity contribution is -0.149. The predicted molar refractivity (Wildman–Crippen MR) is 102 cm³/mol. The predicted octanol–water partition coefficient (Wildman–Crippen LogP) is -1.95. The van der Waals surface area contributed by atoms with Gasteiger partial charge >= 0.3 is 5.97 Å². The number of thiol groups is 1. The lowest BCUT2D eigenvalue weighted by Crippen LogP contribution is -2.56. The average Bonchev–Trinajstić information content (AvgIpc) is 3.14. The van der Waals surface area contributed by atoms with E-state index in [1.807, 2.05) is 0 Å². The summed E-state index contributed by atoms with van der Waals surface area (Å²) < 4.78 is 0. The maximum Gasteiger partial charge on any atom is 0.326 e. The molecule has 0 aromatic rings. The first-order chi connectivity index (χ1) is 12.8. The van der Waals surface area contributed by atoms with Crippen molar-refractivity contribution >= 4 is 36.3 Å². The van der Waals surface area contributed by atoms with E-state index in [4.69, 9.17) is 11.5 Å². The smallest absolute Gasteiger partial charge is 0.326 e. The largest absolute Gasteiger partial charge is 0.480 e. The number of amides is 3. The molecule has 3 unspecified atom stereocenters. The highest BCUT2D eigenvalue weighted by atomic mass is 32.1. The lowest BCUT2D eigenvalue weighted by Gasteiger charge is -2.28. The fourth-order valence-electron chi connectivity index (χ4n) is 2.96. The van der Waals surface area contributed by atoms with Crippen molar-refractivity contribution in [3.05, 3.63) is 0 Å². The number of rotatable bonds is 11. The van der Waals surface area contributed by atoms with Crippen molar-refractivity contribution in [3.63, 3.8) is 0 Å². The Labute approximate surface area is 163 Å². The fourth-order valence-corrected chi connectivity index (χ4v) is 3.21. The number of nitrogens with one attached hydrogen (secondary N) is 2. The van der Waals surface area contributed by atoms with Crippen LogP contribution in [-0.2, 0) is 19.2 Å². The molecule has 3 atom stereocenters. The molecule has 1 rings (SSSR count). The zero-order valence-electron chi connectivity index (χ0n) is 15.2. The van der Waals surface area contributed by atoms with Crippen molar-refractivity contribution < 1.29 is 24.3 Å². The third-order valence-corrected chi connectivity index (χ3v) is 4.77. The number of carboxylic acid groups (broad SMARTS) is 1. The third-order valence-electron chi connectivity index (χ3n) is 4.40. The van der Waals surface area contributed by atoms with Gasteiger partial charge in [0.1, 0.15) is 18.1 Å². The molecule has 0 saturated carbocycles. The van der Waals surface area contributed by atoms with Gasteiger partial charge in [-0.1, -0.05) is 0 Å². The Kier molecular flexibility index (Phi) is 10.1. The molecule has 3 amide bonds. The Balaban J connectivity index is 2.78. The van der Waals surface area contributed by atoms with Crippen LogP contribution in [0, 0.1) is 0 Å². The topological polar surface area (TPSA) is 168 Å². The van der Waals surface area contributed by atoms with Gasteiger partial charge in [-0.2, -0.15) is 12.6 Å². The number of hydrogen-bond acceptors (Lipinski definition) is 7. The summed E-state index contributed by atoms with van der Waals surface area (Å²) in [6, 6.07) is -2.72. The highest BCUT2D eigenvalue weighted by Crippen LogP contribution is 2.19. The van der Waals surface area contributed by atoms with Gasteiger partial charge in [-0.15, -0.1) is 0 Å². The summed E-state index contributed by atoms with van der Waals surface area (Å²) in [5.74, 6) is -2.57. The third kappa shape index (κ3) is 7.00. The van der Waals surface area contributed by atoms with Crippen molar-refractivity contribution in [3.8, 4) is 0 Å². The number of carboxylic acids is 1. The van der Waals surface area contributed by atoms with Crippen LogP contribution in [0.1, 0.15) is 32.1 Å². The number of carbonyl (C=O) groups excluding carboxylic acids is 3. The summed E-state index contributed by atoms with van der Waals surface area (Å²) in [5, 5.41) is 14.3. The molecule has 0 bridgehead atoms. The number of likely N-dealkylation sites (tertiary alicyclic amines) is 1. The lowest BCUT2D eigenvalue weighted by atomic mass is 10.1. The van der Waals surface area contributed by atoms with Gasteiger partial charge in [-0.05, 0) is 38.6 Å². The minimum atomic E-state index is -1.07. The Hall–Kier alpha value is -1.85. The van der Waals surface area contributed by atoms with E-state index in [0.717, 1.165) is 0 Å². The molecule has 1 heterocycles. The maximum absolute atomic E-state index is 12.7. The van der Waals surface area contributed by atoms with Crippen LogP contribution in [0.25, 0.3) is 0 Å². The second kappa shape index (κ2) is 11.8. The molecular formula is C16H29N5O5S. The number of carbonyl (C=O) groups is 4. The van der Waals surface area contributed by atoms with Gasteiger partial charge < -0.3 is 32.1 Å². The van der Waals surface area contributed by atoms with Gasteiger partial charge in [0.15, 0.2) is 0 Å². The first kappa shape index (κ1) is 23.2. The maximum atomic E-state index is 12.7. The Morgan fingerprint density at radius 1 is 1.15 bits per heavy atom. The highest BCUT2D eigenvalue weighted by Gasteiger charge is 2.37. The van der Waals surface area contributed by atoms with Crippen LogP contribution in [0.5, 0.6) is 0 Å². The Morgan fingerprint density at radius 2 is 1.85 bits per heavy atom. The zero-order valence-corrected chi connectivity index (χ0v) is 16.1. The van der Waals surface area contributed by atoms with E-state index in [9.17, 15) is 24.3 Å². The first-order valence-corrected chi connectivity index (χ1v) is 9.62. The number of nitrogens with two attached hydrogens (primary N) is 2. The van der Waals surface area contributed by atoms with Gasteiger partial charge in [0, 0.05) is 12.3 Å². The van der Waals surface area contributed by atoms with Crippen LogP contribution in [0.15, 0.2) is 0 Å². The molecule has 0 aromatic carbocycles. The zero-order chi connectivity index (χ0) is 20.4. The fraction of sp³-hybridized carbons (Fsp3) is 0.750.